The lowest BCUT2D eigenvalue weighted by molar-refractivity contribution is 0.0950. The van der Waals surface area contributed by atoms with E-state index in [4.69, 9.17) is 0 Å². The Bertz CT molecular complexity index is 562. The number of fused-ring (bicyclic) bond motifs is 1. The van der Waals surface area contributed by atoms with E-state index in [1.54, 1.807) is 6.20 Å². The van der Waals surface area contributed by atoms with E-state index in [1.165, 1.54) is 5.56 Å². The molecule has 3 rings (SSSR count). The minimum Gasteiger partial charge on any atom is -0.384 e. The highest BCUT2D eigenvalue weighted by molar-refractivity contribution is 5.95. The quantitative estimate of drug-likeness (QED) is 0.760. The van der Waals surface area contributed by atoms with Crippen LogP contribution < -0.4 is 10.6 Å². The molecular formula is C13H14N4O. The van der Waals surface area contributed by atoms with Crippen molar-refractivity contribution in [1.29, 1.82) is 0 Å². The van der Waals surface area contributed by atoms with Crippen LogP contribution in [0.4, 0.5) is 5.69 Å². The number of rotatable bonds is 3. The van der Waals surface area contributed by atoms with E-state index >= 15 is 0 Å². The largest absolute Gasteiger partial charge is 0.384 e. The summed E-state index contributed by atoms with van der Waals surface area (Å²) in [6, 6.07) is 7.63. The molecule has 0 saturated heterocycles. The van der Waals surface area contributed by atoms with Gasteiger partial charge >= 0.3 is 0 Å². The van der Waals surface area contributed by atoms with Gasteiger partial charge in [-0.1, -0.05) is 6.07 Å². The Morgan fingerprint density at radius 2 is 2.33 bits per heavy atom. The van der Waals surface area contributed by atoms with Crippen LogP contribution in [0.3, 0.4) is 0 Å². The molecule has 2 aromatic rings. The highest BCUT2D eigenvalue weighted by Crippen LogP contribution is 2.23. The van der Waals surface area contributed by atoms with E-state index in [9.17, 15) is 4.79 Å². The predicted molar refractivity (Wildman–Crippen MR) is 68.4 cm³/mol. The third-order valence-electron chi connectivity index (χ3n) is 3.08. The first-order valence-electron chi connectivity index (χ1n) is 5.96. The molecule has 0 spiro atoms. The Balaban J connectivity index is 1.69. The third-order valence-corrected chi connectivity index (χ3v) is 3.08. The molecule has 5 nitrogen and oxygen atoms in total. The van der Waals surface area contributed by atoms with Crippen LogP contribution in [0.1, 0.15) is 21.6 Å². The zero-order chi connectivity index (χ0) is 12.4. The Morgan fingerprint density at radius 1 is 1.39 bits per heavy atom. The Kier molecular flexibility index (Phi) is 2.72. The van der Waals surface area contributed by atoms with Crippen molar-refractivity contribution in [3.05, 3.63) is 47.3 Å². The molecule has 0 radical (unpaired) electrons. The number of aromatic nitrogens is 2. The van der Waals surface area contributed by atoms with Gasteiger partial charge in [-0.05, 0) is 30.2 Å². The molecule has 92 valence electrons. The molecular weight excluding hydrogens is 228 g/mol. The summed E-state index contributed by atoms with van der Waals surface area (Å²) in [6.45, 7) is 1.41. The normalized spacial score (nSPS) is 12.9. The highest BCUT2D eigenvalue weighted by Gasteiger charge is 2.13. The standard InChI is InChI=1S/C13H14N4O/c18-13(15-8-11-4-6-16-17-11)10-2-1-9-3-5-14-12(9)7-10/h1-2,4,6-7,14H,3,5,8H2,(H,15,18)(H,16,17). The molecule has 0 atom stereocenters. The predicted octanol–water partition coefficient (Wildman–Crippen LogP) is 1.31. The van der Waals surface area contributed by atoms with Crippen LogP contribution in [-0.4, -0.2) is 22.6 Å². The molecule has 0 bridgehead atoms. The smallest absolute Gasteiger partial charge is 0.251 e. The minimum absolute atomic E-state index is 0.0684. The molecule has 1 aromatic carbocycles. The second-order valence-corrected chi connectivity index (χ2v) is 4.31. The fourth-order valence-corrected chi connectivity index (χ4v) is 2.09. The Hall–Kier alpha value is -2.30. The van der Waals surface area contributed by atoms with Gasteiger partial charge in [0.1, 0.15) is 0 Å². The van der Waals surface area contributed by atoms with Crippen molar-refractivity contribution < 1.29 is 4.79 Å². The van der Waals surface area contributed by atoms with Crippen molar-refractivity contribution >= 4 is 11.6 Å². The van der Waals surface area contributed by atoms with Gasteiger partial charge in [-0.3, -0.25) is 9.89 Å². The maximum absolute atomic E-state index is 12.0. The Labute approximate surface area is 105 Å². The first kappa shape index (κ1) is 10.8. The summed E-state index contributed by atoms with van der Waals surface area (Å²) in [7, 11) is 0. The summed E-state index contributed by atoms with van der Waals surface area (Å²) in [5, 5.41) is 12.8. The maximum atomic E-state index is 12.0. The molecule has 0 aliphatic carbocycles. The topological polar surface area (TPSA) is 69.8 Å². The van der Waals surface area contributed by atoms with E-state index in [2.05, 4.69) is 20.8 Å². The zero-order valence-electron chi connectivity index (χ0n) is 9.86. The number of nitrogens with one attached hydrogen (secondary N) is 3. The van der Waals surface area contributed by atoms with Crippen molar-refractivity contribution in [3.63, 3.8) is 0 Å². The van der Waals surface area contributed by atoms with E-state index in [-0.39, 0.29) is 5.91 Å². The average Bonchev–Trinajstić information content (AvgIpc) is 3.05. The van der Waals surface area contributed by atoms with Gasteiger partial charge in [0.15, 0.2) is 0 Å². The van der Waals surface area contributed by atoms with Crippen molar-refractivity contribution in [2.45, 2.75) is 13.0 Å². The Morgan fingerprint density at radius 3 is 3.17 bits per heavy atom. The lowest BCUT2D eigenvalue weighted by atomic mass is 10.1. The summed E-state index contributed by atoms with van der Waals surface area (Å²) < 4.78 is 0. The van der Waals surface area contributed by atoms with Crippen LogP contribution in [0.5, 0.6) is 0 Å². The summed E-state index contributed by atoms with van der Waals surface area (Å²) in [4.78, 5) is 12.0. The first-order valence-corrected chi connectivity index (χ1v) is 5.96. The summed E-state index contributed by atoms with van der Waals surface area (Å²) >= 11 is 0. The third kappa shape index (κ3) is 2.07. The molecule has 1 aliphatic rings. The van der Waals surface area contributed by atoms with E-state index in [0.717, 1.165) is 24.3 Å². The molecule has 1 aromatic heterocycles. The molecule has 18 heavy (non-hydrogen) atoms. The second-order valence-electron chi connectivity index (χ2n) is 4.31. The van der Waals surface area contributed by atoms with E-state index in [0.29, 0.717) is 12.1 Å². The summed E-state index contributed by atoms with van der Waals surface area (Å²) in [5.41, 5.74) is 3.93. The van der Waals surface area contributed by atoms with Gasteiger partial charge in [0.25, 0.3) is 5.91 Å². The number of amides is 1. The number of anilines is 1. The number of aromatic amines is 1. The summed E-state index contributed by atoms with van der Waals surface area (Å²) in [5.74, 6) is -0.0684. The van der Waals surface area contributed by atoms with Crippen LogP contribution in [-0.2, 0) is 13.0 Å². The molecule has 2 heterocycles. The van der Waals surface area contributed by atoms with Crippen molar-refractivity contribution in [2.24, 2.45) is 0 Å². The first-order chi connectivity index (χ1) is 8.83. The number of hydrogen-bond donors (Lipinski definition) is 3. The molecule has 5 heteroatoms. The molecule has 0 fully saturated rings. The molecule has 3 N–H and O–H groups in total. The van der Waals surface area contributed by atoms with E-state index in [1.807, 2.05) is 24.3 Å². The van der Waals surface area contributed by atoms with Crippen LogP contribution in [0.25, 0.3) is 0 Å². The van der Waals surface area contributed by atoms with E-state index < -0.39 is 0 Å². The van der Waals surface area contributed by atoms with Crippen molar-refractivity contribution in [2.75, 3.05) is 11.9 Å². The molecule has 1 amide bonds. The molecule has 1 aliphatic heterocycles. The van der Waals surface area contributed by atoms with Gasteiger partial charge < -0.3 is 10.6 Å². The molecule has 0 saturated carbocycles. The number of H-pyrrole nitrogens is 1. The lowest BCUT2D eigenvalue weighted by Crippen LogP contribution is -2.23. The fourth-order valence-electron chi connectivity index (χ4n) is 2.09. The van der Waals surface area contributed by atoms with Gasteiger partial charge in [-0.25, -0.2) is 0 Å². The number of nitrogens with zero attached hydrogens (tertiary/aromatic N) is 1. The van der Waals surface area contributed by atoms with Crippen LogP contribution >= 0.6 is 0 Å². The van der Waals surface area contributed by atoms with Crippen LogP contribution in [0, 0.1) is 0 Å². The van der Waals surface area contributed by atoms with Crippen LogP contribution in [0.15, 0.2) is 30.5 Å². The number of benzene rings is 1. The number of carbonyl (C=O) groups excluding carboxylic acids is 1. The monoisotopic (exact) mass is 242 g/mol. The zero-order valence-corrected chi connectivity index (χ0v) is 9.86. The molecule has 0 unspecified atom stereocenters. The fraction of sp³-hybridized carbons (Fsp3) is 0.231. The highest BCUT2D eigenvalue weighted by atomic mass is 16.1. The van der Waals surface area contributed by atoms with Gasteiger partial charge in [-0.2, -0.15) is 5.10 Å². The SMILES string of the molecule is O=C(NCc1ccn[nH]1)c1ccc2c(c1)NCC2. The van der Waals surface area contributed by atoms with Crippen molar-refractivity contribution in [1.82, 2.24) is 15.5 Å². The van der Waals surface area contributed by atoms with Crippen LogP contribution in [0.2, 0.25) is 0 Å². The van der Waals surface area contributed by atoms with Crippen molar-refractivity contribution in [3.8, 4) is 0 Å². The maximum Gasteiger partial charge on any atom is 0.251 e. The van der Waals surface area contributed by atoms with Gasteiger partial charge in [0, 0.05) is 24.0 Å². The number of carbonyl (C=O) groups is 1. The minimum atomic E-state index is -0.0684. The average molecular weight is 242 g/mol. The van der Waals surface area contributed by atoms with Gasteiger partial charge in [-0.15, -0.1) is 0 Å². The lowest BCUT2D eigenvalue weighted by Gasteiger charge is -2.06. The van der Waals surface area contributed by atoms with Gasteiger partial charge in [0.05, 0.1) is 12.2 Å². The number of hydrogen-bond acceptors (Lipinski definition) is 3. The second kappa shape index (κ2) is 4.52. The summed E-state index contributed by atoms with van der Waals surface area (Å²) in [6.07, 6.45) is 2.70. The van der Waals surface area contributed by atoms with Gasteiger partial charge in [0.2, 0.25) is 0 Å².